The average Bonchev–Trinajstić information content (AvgIpc) is 2.50. The quantitative estimate of drug-likeness (QED) is 0.681. The van der Waals surface area contributed by atoms with Crippen molar-refractivity contribution < 1.29 is 14.8 Å². The van der Waals surface area contributed by atoms with E-state index < -0.39 is 7.12 Å². The first-order chi connectivity index (χ1) is 10.0. The minimum atomic E-state index is -1.44. The van der Waals surface area contributed by atoms with Crippen LogP contribution in [0.4, 0.5) is 0 Å². The van der Waals surface area contributed by atoms with Crippen LogP contribution in [0.1, 0.15) is 45.6 Å². The Labute approximate surface area is 128 Å². The summed E-state index contributed by atoms with van der Waals surface area (Å²) in [6, 6.07) is 5.81. The van der Waals surface area contributed by atoms with E-state index in [4.69, 9.17) is 4.74 Å². The topological polar surface area (TPSA) is 52.9 Å². The lowest BCUT2D eigenvalue weighted by atomic mass is 9.79. The third-order valence-electron chi connectivity index (χ3n) is 3.99. The van der Waals surface area contributed by atoms with Crippen LogP contribution in [0.3, 0.4) is 0 Å². The maximum absolute atomic E-state index is 9.34. The summed E-state index contributed by atoms with van der Waals surface area (Å²) in [6.45, 7) is 8.42. The van der Waals surface area contributed by atoms with Gasteiger partial charge in [0.15, 0.2) is 0 Å². The van der Waals surface area contributed by atoms with E-state index in [2.05, 4.69) is 25.7 Å². The average molecular weight is 293 g/mol. The maximum atomic E-state index is 9.34. The summed E-state index contributed by atoms with van der Waals surface area (Å²) in [7, 11) is 0.204. The number of methoxy groups -OCH3 is 1. The van der Waals surface area contributed by atoms with E-state index in [1.54, 1.807) is 19.2 Å². The summed E-state index contributed by atoms with van der Waals surface area (Å²) < 4.78 is 5.41. The maximum Gasteiger partial charge on any atom is 0.488 e. The minimum absolute atomic E-state index is 0.490. The predicted molar refractivity (Wildman–Crippen MR) is 87.9 cm³/mol. The molecule has 0 saturated heterocycles. The lowest BCUT2D eigenvalue weighted by molar-refractivity contribution is 0.190. The molecule has 21 heavy (non-hydrogen) atoms. The van der Waals surface area contributed by atoms with E-state index in [0.29, 0.717) is 11.5 Å². The molecule has 0 aromatic heterocycles. The number of ether oxygens (including phenoxy) is 1. The Kier molecular flexibility index (Phi) is 7.79. The van der Waals surface area contributed by atoms with Crippen LogP contribution in [0, 0.1) is 0 Å². The highest BCUT2D eigenvalue weighted by atomic mass is 16.5. The zero-order valence-corrected chi connectivity index (χ0v) is 13.7. The monoisotopic (exact) mass is 293 g/mol. The van der Waals surface area contributed by atoms with Gasteiger partial charge in [-0.25, -0.2) is 0 Å². The molecular formula is C16H28BNO3. The number of nitrogens with zero attached hydrogens (tertiary/aromatic N) is 1. The van der Waals surface area contributed by atoms with E-state index >= 15 is 0 Å². The van der Waals surface area contributed by atoms with Crippen LogP contribution >= 0.6 is 0 Å². The molecular weight excluding hydrogens is 265 g/mol. The van der Waals surface area contributed by atoms with Crippen molar-refractivity contribution in [3.63, 3.8) is 0 Å². The van der Waals surface area contributed by atoms with Crippen molar-refractivity contribution in [1.29, 1.82) is 0 Å². The van der Waals surface area contributed by atoms with Crippen molar-refractivity contribution >= 4 is 12.6 Å². The lowest BCUT2D eigenvalue weighted by Gasteiger charge is -2.29. The molecule has 0 saturated carbocycles. The van der Waals surface area contributed by atoms with E-state index in [1.165, 1.54) is 6.42 Å². The van der Waals surface area contributed by atoms with Gasteiger partial charge in [0.25, 0.3) is 0 Å². The molecule has 5 heteroatoms. The Morgan fingerprint density at radius 1 is 1.29 bits per heavy atom. The van der Waals surface area contributed by atoms with Crippen LogP contribution in [0.2, 0.25) is 0 Å². The van der Waals surface area contributed by atoms with Crippen LogP contribution in [-0.4, -0.2) is 41.8 Å². The molecule has 1 aromatic rings. The second kappa shape index (κ2) is 9.08. The molecule has 118 valence electrons. The van der Waals surface area contributed by atoms with E-state index in [1.807, 2.05) is 6.07 Å². The molecule has 0 aliphatic heterocycles. The first-order valence-corrected chi connectivity index (χ1v) is 7.80. The van der Waals surface area contributed by atoms with Gasteiger partial charge < -0.3 is 14.8 Å². The number of rotatable bonds is 9. The van der Waals surface area contributed by atoms with Gasteiger partial charge >= 0.3 is 7.12 Å². The van der Waals surface area contributed by atoms with Gasteiger partial charge in [-0.1, -0.05) is 32.4 Å². The second-order valence-electron chi connectivity index (χ2n) is 5.53. The molecule has 1 unspecified atom stereocenters. The number of hydrogen-bond acceptors (Lipinski definition) is 4. The molecule has 0 heterocycles. The van der Waals surface area contributed by atoms with E-state index in [0.717, 1.165) is 37.2 Å². The van der Waals surface area contributed by atoms with Gasteiger partial charge in [0.05, 0.1) is 7.11 Å². The van der Waals surface area contributed by atoms with Gasteiger partial charge in [-0.2, -0.15) is 0 Å². The van der Waals surface area contributed by atoms with Crippen molar-refractivity contribution in [2.24, 2.45) is 0 Å². The summed E-state index contributed by atoms with van der Waals surface area (Å²) in [4.78, 5) is 2.43. The third kappa shape index (κ3) is 5.34. The summed E-state index contributed by atoms with van der Waals surface area (Å²) in [6.07, 6.45) is 3.42. The zero-order valence-electron chi connectivity index (χ0n) is 13.7. The highest BCUT2D eigenvalue weighted by Gasteiger charge is 2.18. The summed E-state index contributed by atoms with van der Waals surface area (Å²) in [5.41, 5.74) is 1.50. The predicted octanol–water partition coefficient (Wildman–Crippen LogP) is 1.78. The van der Waals surface area contributed by atoms with Crippen molar-refractivity contribution in [1.82, 2.24) is 4.90 Å². The second-order valence-corrected chi connectivity index (χ2v) is 5.53. The minimum Gasteiger partial charge on any atom is -0.496 e. The fourth-order valence-corrected chi connectivity index (χ4v) is 2.38. The zero-order chi connectivity index (χ0) is 15.8. The number of unbranched alkanes of at least 4 members (excludes halogenated alkanes) is 1. The Morgan fingerprint density at radius 3 is 2.52 bits per heavy atom. The van der Waals surface area contributed by atoms with Crippen molar-refractivity contribution in [3.8, 4) is 5.75 Å². The summed E-state index contributed by atoms with van der Waals surface area (Å²) in [5.74, 6) is 0.796. The largest absolute Gasteiger partial charge is 0.496 e. The molecule has 1 rings (SSSR count). The fraction of sp³-hybridized carbons (Fsp3) is 0.625. The van der Waals surface area contributed by atoms with Crippen LogP contribution in [0.5, 0.6) is 5.75 Å². The lowest BCUT2D eigenvalue weighted by Crippen LogP contribution is -2.34. The van der Waals surface area contributed by atoms with Gasteiger partial charge in [0, 0.05) is 18.2 Å². The highest BCUT2D eigenvalue weighted by Crippen LogP contribution is 2.20. The molecule has 0 aliphatic carbocycles. The Balaban J connectivity index is 2.96. The van der Waals surface area contributed by atoms with Crippen LogP contribution < -0.4 is 10.2 Å². The van der Waals surface area contributed by atoms with Gasteiger partial charge in [-0.15, -0.1) is 0 Å². The van der Waals surface area contributed by atoms with E-state index in [-0.39, 0.29) is 0 Å². The van der Waals surface area contributed by atoms with Gasteiger partial charge in [-0.05, 0) is 37.8 Å². The number of hydrogen-bond donors (Lipinski definition) is 2. The molecule has 0 aliphatic rings. The normalized spacial score (nSPS) is 12.5. The van der Waals surface area contributed by atoms with E-state index in [9.17, 15) is 10.0 Å². The highest BCUT2D eigenvalue weighted by molar-refractivity contribution is 6.58. The standard InChI is InChI=1S/C16H28BNO3/c1-5-7-10-18(13(3)6-2)12-14-11-15(17(19)20)8-9-16(14)21-4/h8-9,11,13,19-20H,5-7,10,12H2,1-4H3. The van der Waals surface area contributed by atoms with Gasteiger partial charge in [-0.3, -0.25) is 4.90 Å². The molecule has 1 atom stereocenters. The number of benzene rings is 1. The summed E-state index contributed by atoms with van der Waals surface area (Å²) in [5, 5.41) is 18.7. The molecule has 0 bridgehead atoms. The molecule has 1 aromatic carbocycles. The van der Waals surface area contributed by atoms with Crippen LogP contribution in [-0.2, 0) is 6.54 Å². The van der Waals surface area contributed by atoms with Crippen LogP contribution in [0.15, 0.2) is 18.2 Å². The fourth-order valence-electron chi connectivity index (χ4n) is 2.38. The smallest absolute Gasteiger partial charge is 0.488 e. The SMILES string of the molecule is CCCCN(Cc1cc(B(O)O)ccc1OC)C(C)CC. The van der Waals surface area contributed by atoms with Crippen molar-refractivity contribution in [2.75, 3.05) is 13.7 Å². The van der Waals surface area contributed by atoms with Crippen molar-refractivity contribution in [3.05, 3.63) is 23.8 Å². The Bertz CT molecular complexity index is 426. The summed E-state index contributed by atoms with van der Waals surface area (Å²) >= 11 is 0. The van der Waals surface area contributed by atoms with Gasteiger partial charge in [0.2, 0.25) is 0 Å². The first-order valence-electron chi connectivity index (χ1n) is 7.80. The molecule has 0 radical (unpaired) electrons. The molecule has 0 amide bonds. The first kappa shape index (κ1) is 18.0. The van der Waals surface area contributed by atoms with Crippen LogP contribution in [0.25, 0.3) is 0 Å². The van der Waals surface area contributed by atoms with Crippen molar-refractivity contribution in [2.45, 2.75) is 52.6 Å². The van der Waals surface area contributed by atoms with Gasteiger partial charge in [0.1, 0.15) is 5.75 Å². The molecule has 4 nitrogen and oxygen atoms in total. The Morgan fingerprint density at radius 2 is 2.00 bits per heavy atom. The Hall–Kier alpha value is -1.04. The molecule has 0 fully saturated rings. The molecule has 2 N–H and O–H groups in total. The third-order valence-corrected chi connectivity index (χ3v) is 3.99. The molecule has 0 spiro atoms.